The van der Waals surface area contributed by atoms with E-state index >= 15 is 0 Å². The van der Waals surface area contributed by atoms with Crippen LogP contribution in [0.15, 0.2) is 12.2 Å². The van der Waals surface area contributed by atoms with Crippen LogP contribution < -0.4 is 0 Å². The second-order valence-corrected chi connectivity index (χ2v) is 6.24. The van der Waals surface area contributed by atoms with Gasteiger partial charge < -0.3 is 4.74 Å². The van der Waals surface area contributed by atoms with Crippen molar-refractivity contribution >= 4 is 0 Å². The first kappa shape index (κ1) is 20.7. The van der Waals surface area contributed by atoms with Gasteiger partial charge in [0, 0.05) is 6.61 Å². The van der Waals surface area contributed by atoms with E-state index in [1.54, 1.807) is 0 Å². The van der Waals surface area contributed by atoms with Gasteiger partial charge in [-0.3, -0.25) is 0 Å². The maximum absolute atomic E-state index is 5.49. The molecule has 0 amide bonds. The van der Waals surface area contributed by atoms with Crippen molar-refractivity contribution in [2.24, 2.45) is 0 Å². The second-order valence-electron chi connectivity index (χ2n) is 6.24. The third-order valence-electron chi connectivity index (χ3n) is 4.09. The van der Waals surface area contributed by atoms with Crippen LogP contribution in [-0.2, 0) is 4.74 Å². The molecule has 0 rings (SSSR count). The van der Waals surface area contributed by atoms with E-state index in [2.05, 4.69) is 13.0 Å². The molecule has 0 N–H and O–H groups in total. The Morgan fingerprint density at radius 3 is 1.48 bits per heavy atom. The fraction of sp³-hybridized carbons (Fsp3) is 0.900. The zero-order chi connectivity index (χ0) is 15.4. The van der Waals surface area contributed by atoms with E-state index in [9.17, 15) is 0 Å². The van der Waals surface area contributed by atoms with Crippen molar-refractivity contribution in [2.45, 2.75) is 104 Å². The number of unbranched alkanes of at least 4 members (excludes halogenated alkanes) is 13. The molecule has 0 saturated heterocycles. The predicted octanol–water partition coefficient (Wildman–Crippen LogP) is 7.06. The van der Waals surface area contributed by atoms with Gasteiger partial charge in [0.25, 0.3) is 0 Å². The molecule has 0 fully saturated rings. The summed E-state index contributed by atoms with van der Waals surface area (Å²) in [5.41, 5.74) is 0. The number of hydrogen-bond donors (Lipinski definition) is 0. The summed E-state index contributed by atoms with van der Waals surface area (Å²) in [6.07, 6.45) is 24.0. The number of ether oxygens (including phenoxy) is 1. The molecular weight excluding hydrogens is 256 g/mol. The molecule has 0 spiro atoms. The van der Waals surface area contributed by atoms with E-state index in [0.29, 0.717) is 0 Å². The lowest BCUT2D eigenvalue weighted by molar-refractivity contribution is 0.157. The lowest BCUT2D eigenvalue weighted by Gasteiger charge is -2.03. The molecule has 0 atom stereocenters. The number of allylic oxidation sites excluding steroid dienone is 1. The van der Waals surface area contributed by atoms with Crippen LogP contribution in [0.1, 0.15) is 104 Å². The van der Waals surface area contributed by atoms with Crippen molar-refractivity contribution in [3.05, 3.63) is 12.2 Å². The molecule has 1 nitrogen and oxygen atoms in total. The molecule has 0 aromatic heterocycles. The highest BCUT2D eigenvalue weighted by atomic mass is 16.5. The van der Waals surface area contributed by atoms with Crippen molar-refractivity contribution in [1.82, 2.24) is 0 Å². The lowest BCUT2D eigenvalue weighted by atomic mass is 10.0. The molecule has 0 aliphatic carbocycles. The summed E-state index contributed by atoms with van der Waals surface area (Å²) in [7, 11) is 0. The molecule has 0 aromatic rings. The van der Waals surface area contributed by atoms with Gasteiger partial charge >= 0.3 is 0 Å². The minimum atomic E-state index is 0.787. The molecule has 0 unspecified atom stereocenters. The van der Waals surface area contributed by atoms with Crippen molar-refractivity contribution < 1.29 is 4.74 Å². The molecule has 0 aromatic carbocycles. The third-order valence-corrected chi connectivity index (χ3v) is 4.09. The summed E-state index contributed by atoms with van der Waals surface area (Å²) in [6.45, 7) is 6.05. The minimum Gasteiger partial charge on any atom is -0.377 e. The Balaban J connectivity index is 2.93. The average Bonchev–Trinajstić information content (AvgIpc) is 2.50. The Bertz CT molecular complexity index is 198. The van der Waals surface area contributed by atoms with Crippen molar-refractivity contribution in [1.29, 1.82) is 0 Å². The van der Waals surface area contributed by atoms with Crippen LogP contribution >= 0.6 is 0 Å². The smallest absolute Gasteiger partial charge is 0.0647 e. The monoisotopic (exact) mass is 296 g/mol. The quantitative estimate of drug-likeness (QED) is 0.206. The molecule has 0 heterocycles. The molecule has 126 valence electrons. The Morgan fingerprint density at radius 2 is 1.05 bits per heavy atom. The van der Waals surface area contributed by atoms with E-state index < -0.39 is 0 Å². The van der Waals surface area contributed by atoms with Gasteiger partial charge in [-0.15, -0.1) is 0 Å². The predicted molar refractivity (Wildman–Crippen MR) is 95.9 cm³/mol. The third kappa shape index (κ3) is 19.7. The largest absolute Gasteiger partial charge is 0.377 e. The highest BCUT2D eigenvalue weighted by Crippen LogP contribution is 2.12. The highest BCUT2D eigenvalue weighted by Gasteiger charge is 1.94. The van der Waals surface area contributed by atoms with Crippen LogP contribution in [0, 0.1) is 0 Å². The molecular formula is C20H40O. The van der Waals surface area contributed by atoms with Gasteiger partial charge in [-0.25, -0.2) is 0 Å². The van der Waals surface area contributed by atoms with Gasteiger partial charge in [0.05, 0.1) is 6.61 Å². The number of hydrogen-bond acceptors (Lipinski definition) is 1. The molecule has 0 bridgehead atoms. The van der Waals surface area contributed by atoms with Crippen LogP contribution in [-0.4, -0.2) is 13.2 Å². The summed E-state index contributed by atoms with van der Waals surface area (Å²) >= 11 is 0. The topological polar surface area (TPSA) is 9.23 Å². The first-order valence-electron chi connectivity index (χ1n) is 9.60. The second kappa shape index (κ2) is 19.7. The van der Waals surface area contributed by atoms with E-state index in [1.165, 1.54) is 89.9 Å². The molecule has 0 aliphatic rings. The first-order chi connectivity index (χ1) is 10.4. The Hall–Kier alpha value is -0.300. The Labute approximate surface area is 134 Å². The molecule has 0 saturated carbocycles. The van der Waals surface area contributed by atoms with Gasteiger partial charge in [-0.2, -0.15) is 0 Å². The van der Waals surface area contributed by atoms with Crippen molar-refractivity contribution in [2.75, 3.05) is 13.2 Å². The zero-order valence-corrected chi connectivity index (χ0v) is 14.9. The maximum Gasteiger partial charge on any atom is 0.0647 e. The molecule has 0 radical (unpaired) electrons. The van der Waals surface area contributed by atoms with Crippen LogP contribution in [0.5, 0.6) is 0 Å². The van der Waals surface area contributed by atoms with Gasteiger partial charge in [-0.1, -0.05) is 103 Å². The fourth-order valence-corrected chi connectivity index (χ4v) is 2.65. The summed E-state index contributed by atoms with van der Waals surface area (Å²) in [4.78, 5) is 0. The first-order valence-corrected chi connectivity index (χ1v) is 9.60. The van der Waals surface area contributed by atoms with E-state index in [-0.39, 0.29) is 0 Å². The minimum absolute atomic E-state index is 0.787. The van der Waals surface area contributed by atoms with E-state index in [4.69, 9.17) is 4.74 Å². The molecule has 0 aliphatic heterocycles. The van der Waals surface area contributed by atoms with Crippen LogP contribution in [0.2, 0.25) is 0 Å². The van der Waals surface area contributed by atoms with Gasteiger partial charge in [-0.05, 0) is 13.3 Å². The molecule has 1 heteroatoms. The van der Waals surface area contributed by atoms with E-state index in [0.717, 1.165) is 13.2 Å². The SMILES string of the molecule is CC=CCOCCCCCCCCCCCCCCCC. The summed E-state index contributed by atoms with van der Waals surface area (Å²) < 4.78 is 5.49. The van der Waals surface area contributed by atoms with Crippen molar-refractivity contribution in [3.63, 3.8) is 0 Å². The summed E-state index contributed by atoms with van der Waals surface area (Å²) in [5.74, 6) is 0. The normalized spacial score (nSPS) is 11.5. The van der Waals surface area contributed by atoms with Crippen LogP contribution in [0.25, 0.3) is 0 Å². The summed E-state index contributed by atoms with van der Waals surface area (Å²) in [6, 6.07) is 0. The standard InChI is InChI=1S/C20H40O/c1-3-5-7-8-9-10-11-12-13-14-15-16-17-18-20-21-19-6-4-2/h4,6H,3,5,7-20H2,1-2H3. The van der Waals surface area contributed by atoms with E-state index in [1.807, 2.05) is 13.0 Å². The highest BCUT2D eigenvalue weighted by molar-refractivity contribution is 4.75. The van der Waals surface area contributed by atoms with Gasteiger partial charge in [0.15, 0.2) is 0 Å². The lowest BCUT2D eigenvalue weighted by Crippen LogP contribution is -1.94. The van der Waals surface area contributed by atoms with Gasteiger partial charge in [0.1, 0.15) is 0 Å². The van der Waals surface area contributed by atoms with Gasteiger partial charge in [0.2, 0.25) is 0 Å². The van der Waals surface area contributed by atoms with Crippen molar-refractivity contribution in [3.8, 4) is 0 Å². The maximum atomic E-state index is 5.49. The summed E-state index contributed by atoms with van der Waals surface area (Å²) in [5, 5.41) is 0. The average molecular weight is 297 g/mol. The Kier molecular flexibility index (Phi) is 19.4. The zero-order valence-electron chi connectivity index (χ0n) is 14.9. The fourth-order valence-electron chi connectivity index (χ4n) is 2.65. The van der Waals surface area contributed by atoms with Crippen LogP contribution in [0.3, 0.4) is 0 Å². The molecule has 21 heavy (non-hydrogen) atoms. The Morgan fingerprint density at radius 1 is 0.619 bits per heavy atom. The van der Waals surface area contributed by atoms with Crippen LogP contribution in [0.4, 0.5) is 0 Å². The number of rotatable bonds is 17.